The van der Waals surface area contributed by atoms with Gasteiger partial charge in [0, 0.05) is 28.6 Å². The smallest absolute Gasteiger partial charge is 0.139 e. The van der Waals surface area contributed by atoms with Gasteiger partial charge in [-0.2, -0.15) is 0 Å². The third-order valence-electron chi connectivity index (χ3n) is 4.62. The fourth-order valence-electron chi connectivity index (χ4n) is 3.45. The summed E-state index contributed by atoms with van der Waals surface area (Å²) in [6.45, 7) is 2.02. The highest BCUT2D eigenvalue weighted by Crippen LogP contribution is 2.40. The van der Waals surface area contributed by atoms with Gasteiger partial charge in [-0.3, -0.25) is 0 Å². The molecule has 4 rings (SSSR count). The van der Waals surface area contributed by atoms with Gasteiger partial charge in [0.15, 0.2) is 0 Å². The summed E-state index contributed by atoms with van der Waals surface area (Å²) < 4.78 is 0.695. The topological polar surface area (TPSA) is 62.0 Å². The van der Waals surface area contributed by atoms with Gasteiger partial charge < -0.3 is 15.8 Å². The van der Waals surface area contributed by atoms with Crippen LogP contribution in [0.2, 0.25) is 0 Å². The molecular formula is C22H19BrN2O. The number of para-hydroxylation sites is 1. The lowest BCUT2D eigenvalue weighted by Crippen LogP contribution is -1.93. The number of nitrogens with one attached hydrogen (secondary N) is 1. The number of halogens is 1. The van der Waals surface area contributed by atoms with E-state index >= 15 is 0 Å². The maximum Gasteiger partial charge on any atom is 0.139 e. The van der Waals surface area contributed by atoms with Gasteiger partial charge in [-0.15, -0.1) is 0 Å². The summed E-state index contributed by atoms with van der Waals surface area (Å²) in [5.41, 5.74) is 12.9. The maximum atomic E-state index is 10.6. The summed E-state index contributed by atoms with van der Waals surface area (Å²) in [6.07, 6.45) is 0.732. The molecule has 0 atom stereocenters. The standard InChI is InChI=1S/C22H19BrN2O/c1-13-9-18(22(26)19(23)10-13)21-17(12-14-5-4-6-15(24)11-14)16-7-2-3-8-20(16)25-21/h2-11,25-26H,12,24H2,1H3. The second-order valence-electron chi connectivity index (χ2n) is 6.59. The summed E-state index contributed by atoms with van der Waals surface area (Å²) in [4.78, 5) is 3.50. The molecule has 130 valence electrons. The second-order valence-corrected chi connectivity index (χ2v) is 7.44. The first-order valence-corrected chi connectivity index (χ1v) is 9.25. The van der Waals surface area contributed by atoms with Crippen molar-refractivity contribution in [3.63, 3.8) is 0 Å². The third kappa shape index (κ3) is 2.97. The number of aromatic hydroxyl groups is 1. The Balaban J connectivity index is 1.95. The summed E-state index contributed by atoms with van der Waals surface area (Å²) in [5.74, 6) is 0.246. The van der Waals surface area contributed by atoms with Crippen LogP contribution in [0.4, 0.5) is 5.69 Å². The average Bonchev–Trinajstić information content (AvgIpc) is 2.97. The van der Waals surface area contributed by atoms with Gasteiger partial charge >= 0.3 is 0 Å². The van der Waals surface area contributed by atoms with E-state index in [0.717, 1.165) is 51.0 Å². The van der Waals surface area contributed by atoms with E-state index in [-0.39, 0.29) is 5.75 Å². The first-order chi connectivity index (χ1) is 12.5. The Morgan fingerprint density at radius 1 is 1.04 bits per heavy atom. The minimum atomic E-state index is 0.246. The number of anilines is 1. The van der Waals surface area contributed by atoms with Gasteiger partial charge in [0.2, 0.25) is 0 Å². The largest absolute Gasteiger partial charge is 0.506 e. The third-order valence-corrected chi connectivity index (χ3v) is 5.23. The van der Waals surface area contributed by atoms with Gasteiger partial charge in [0.1, 0.15) is 5.75 Å². The molecule has 3 nitrogen and oxygen atoms in total. The Morgan fingerprint density at radius 2 is 1.85 bits per heavy atom. The number of nitrogens with two attached hydrogens (primary N) is 1. The zero-order valence-electron chi connectivity index (χ0n) is 14.4. The van der Waals surface area contributed by atoms with Crippen molar-refractivity contribution in [2.75, 3.05) is 5.73 Å². The first-order valence-electron chi connectivity index (χ1n) is 8.46. The lowest BCUT2D eigenvalue weighted by molar-refractivity contribution is 0.473. The molecule has 0 aliphatic carbocycles. The van der Waals surface area contributed by atoms with Crippen LogP contribution in [0.5, 0.6) is 5.75 Å². The van der Waals surface area contributed by atoms with Gasteiger partial charge in [-0.05, 0) is 69.9 Å². The number of hydrogen-bond acceptors (Lipinski definition) is 2. The molecule has 4 aromatic rings. The molecule has 0 radical (unpaired) electrons. The molecule has 0 spiro atoms. The van der Waals surface area contributed by atoms with Crippen LogP contribution in [0.25, 0.3) is 22.2 Å². The number of rotatable bonds is 3. The Kier molecular flexibility index (Phi) is 4.21. The van der Waals surface area contributed by atoms with Crippen LogP contribution in [0.1, 0.15) is 16.7 Å². The molecule has 0 saturated heterocycles. The Hall–Kier alpha value is -2.72. The van der Waals surface area contributed by atoms with Crippen molar-refractivity contribution in [2.24, 2.45) is 0 Å². The summed E-state index contributed by atoms with van der Waals surface area (Å²) in [7, 11) is 0. The molecule has 0 aliphatic heterocycles. The van der Waals surface area contributed by atoms with Crippen LogP contribution in [-0.2, 0) is 6.42 Å². The number of hydrogen-bond donors (Lipinski definition) is 3. The van der Waals surface area contributed by atoms with Crippen molar-refractivity contribution >= 4 is 32.5 Å². The highest BCUT2D eigenvalue weighted by molar-refractivity contribution is 9.10. The van der Waals surface area contributed by atoms with Crippen molar-refractivity contribution in [3.05, 3.63) is 81.8 Å². The average molecular weight is 407 g/mol. The molecule has 3 aromatic carbocycles. The molecule has 0 fully saturated rings. The zero-order valence-corrected chi connectivity index (χ0v) is 16.0. The van der Waals surface area contributed by atoms with E-state index in [2.05, 4.69) is 39.1 Å². The SMILES string of the molecule is Cc1cc(Br)c(O)c(-c2[nH]c3ccccc3c2Cc2cccc(N)c2)c1. The van der Waals surface area contributed by atoms with Crippen LogP contribution in [-0.4, -0.2) is 10.1 Å². The number of phenolic OH excluding ortho intramolecular Hbond substituents is 1. The number of phenols is 1. The number of aryl methyl sites for hydroxylation is 1. The molecule has 1 heterocycles. The van der Waals surface area contributed by atoms with Crippen LogP contribution in [0.3, 0.4) is 0 Å². The predicted molar refractivity (Wildman–Crippen MR) is 111 cm³/mol. The van der Waals surface area contributed by atoms with Crippen LogP contribution >= 0.6 is 15.9 Å². The van der Waals surface area contributed by atoms with Crippen LogP contribution < -0.4 is 5.73 Å². The monoisotopic (exact) mass is 406 g/mol. The molecule has 1 aromatic heterocycles. The van der Waals surface area contributed by atoms with E-state index in [1.165, 1.54) is 0 Å². The van der Waals surface area contributed by atoms with E-state index < -0.39 is 0 Å². The van der Waals surface area contributed by atoms with Gasteiger partial charge in [-0.25, -0.2) is 0 Å². The number of benzene rings is 3. The fraction of sp³-hybridized carbons (Fsp3) is 0.0909. The predicted octanol–water partition coefficient (Wildman–Crippen LogP) is 5.78. The molecule has 0 aliphatic rings. The van der Waals surface area contributed by atoms with E-state index in [0.29, 0.717) is 4.47 Å². The molecule has 4 heteroatoms. The van der Waals surface area contributed by atoms with Crippen molar-refractivity contribution in [1.82, 2.24) is 4.98 Å². The molecule has 0 bridgehead atoms. The summed E-state index contributed by atoms with van der Waals surface area (Å²) in [5, 5.41) is 11.8. The Labute approximate surface area is 160 Å². The van der Waals surface area contributed by atoms with Crippen LogP contribution in [0, 0.1) is 6.92 Å². The lowest BCUT2D eigenvalue weighted by atomic mass is 9.97. The molecule has 26 heavy (non-hydrogen) atoms. The minimum Gasteiger partial charge on any atom is -0.506 e. The van der Waals surface area contributed by atoms with Gasteiger partial charge in [-0.1, -0.05) is 30.3 Å². The normalized spacial score (nSPS) is 11.2. The number of aromatic amines is 1. The number of nitrogen functional groups attached to an aromatic ring is 1. The van der Waals surface area contributed by atoms with Crippen molar-refractivity contribution in [3.8, 4) is 17.0 Å². The molecule has 0 saturated carbocycles. The van der Waals surface area contributed by atoms with E-state index in [1.807, 2.05) is 49.4 Å². The highest BCUT2D eigenvalue weighted by Gasteiger charge is 2.18. The van der Waals surface area contributed by atoms with E-state index in [4.69, 9.17) is 5.73 Å². The van der Waals surface area contributed by atoms with E-state index in [1.54, 1.807) is 0 Å². The van der Waals surface area contributed by atoms with E-state index in [9.17, 15) is 5.11 Å². The zero-order chi connectivity index (χ0) is 18.3. The van der Waals surface area contributed by atoms with Crippen molar-refractivity contribution < 1.29 is 5.11 Å². The second kappa shape index (κ2) is 6.54. The highest BCUT2D eigenvalue weighted by atomic mass is 79.9. The van der Waals surface area contributed by atoms with Crippen molar-refractivity contribution in [2.45, 2.75) is 13.3 Å². The van der Waals surface area contributed by atoms with Crippen molar-refractivity contribution in [1.29, 1.82) is 0 Å². The van der Waals surface area contributed by atoms with Gasteiger partial charge in [0.25, 0.3) is 0 Å². The Morgan fingerprint density at radius 3 is 2.65 bits per heavy atom. The summed E-state index contributed by atoms with van der Waals surface area (Å²) in [6, 6.07) is 20.1. The molecular weight excluding hydrogens is 388 g/mol. The Bertz CT molecular complexity index is 1110. The minimum absolute atomic E-state index is 0.246. The fourth-order valence-corrected chi connectivity index (χ4v) is 4.02. The number of aromatic nitrogens is 1. The number of H-pyrrole nitrogens is 1. The number of fused-ring (bicyclic) bond motifs is 1. The lowest BCUT2D eigenvalue weighted by Gasteiger charge is -2.10. The quantitative estimate of drug-likeness (QED) is 0.377. The molecule has 4 N–H and O–H groups in total. The molecule has 0 amide bonds. The first kappa shape index (κ1) is 16.7. The molecule has 0 unspecified atom stereocenters. The van der Waals surface area contributed by atoms with Gasteiger partial charge in [0.05, 0.1) is 10.2 Å². The maximum absolute atomic E-state index is 10.6. The van der Waals surface area contributed by atoms with Crippen LogP contribution in [0.15, 0.2) is 65.1 Å². The summed E-state index contributed by atoms with van der Waals surface area (Å²) >= 11 is 3.46.